The molecule has 1 fully saturated rings. The molecule has 0 aliphatic carbocycles. The molecule has 1 saturated heterocycles. The van der Waals surface area contributed by atoms with Gasteiger partial charge in [0.05, 0.1) is 30.2 Å². The average molecular weight is 582 g/mol. The molecule has 11 nitrogen and oxygen atoms in total. The minimum absolute atomic E-state index is 0.185. The van der Waals surface area contributed by atoms with Crippen LogP contribution >= 0.6 is 0 Å². The van der Waals surface area contributed by atoms with Crippen LogP contribution in [0.15, 0.2) is 49.1 Å². The fraction of sp³-hybridized carbons (Fsp3) is 0.379. The van der Waals surface area contributed by atoms with Crippen molar-refractivity contribution < 1.29 is 28.2 Å². The van der Waals surface area contributed by atoms with Crippen molar-refractivity contribution in [1.82, 2.24) is 24.6 Å². The van der Waals surface area contributed by atoms with E-state index < -0.39 is 17.5 Å². The van der Waals surface area contributed by atoms with Gasteiger partial charge in [0.1, 0.15) is 25.3 Å². The zero-order chi connectivity index (χ0) is 29.5. The minimum atomic E-state index is -1.12. The number of ether oxygens (including phenoxy) is 2. The number of benzene rings is 2. The van der Waals surface area contributed by atoms with E-state index in [-0.39, 0.29) is 18.8 Å². The predicted octanol–water partition coefficient (Wildman–Crippen LogP) is 4.11. The maximum absolute atomic E-state index is 13.9. The zero-order valence-corrected chi connectivity index (χ0v) is 23.2. The molecule has 3 heterocycles. The van der Waals surface area contributed by atoms with E-state index in [1.54, 1.807) is 19.4 Å². The molecule has 1 aliphatic heterocycles. The first-order valence-corrected chi connectivity index (χ1v) is 13.8. The molecular formula is C29H33F2N7O4. The second-order valence-corrected chi connectivity index (χ2v) is 9.99. The van der Waals surface area contributed by atoms with Crippen molar-refractivity contribution in [2.45, 2.75) is 38.3 Å². The lowest BCUT2D eigenvalue weighted by Gasteiger charge is -2.35. The van der Waals surface area contributed by atoms with Crippen molar-refractivity contribution in [1.29, 1.82) is 0 Å². The van der Waals surface area contributed by atoms with Crippen LogP contribution in [0.3, 0.4) is 0 Å². The first-order chi connectivity index (χ1) is 20.4. The summed E-state index contributed by atoms with van der Waals surface area (Å²) in [6.45, 7) is 2.19. The molecule has 0 radical (unpaired) electrons. The van der Waals surface area contributed by atoms with Crippen molar-refractivity contribution in [3.05, 3.63) is 60.7 Å². The molecule has 0 saturated carbocycles. The Morgan fingerprint density at radius 2 is 2.07 bits per heavy atom. The van der Waals surface area contributed by atoms with Gasteiger partial charge in [0.25, 0.3) is 0 Å². The molecular weight excluding hydrogens is 548 g/mol. The summed E-state index contributed by atoms with van der Waals surface area (Å²) < 4.78 is 40.4. The normalized spacial score (nSPS) is 15.5. The summed E-state index contributed by atoms with van der Waals surface area (Å²) in [4.78, 5) is 23.5. The molecule has 0 unspecified atom stereocenters. The number of rotatable bonds is 12. The van der Waals surface area contributed by atoms with Gasteiger partial charge in [0, 0.05) is 36.8 Å². The van der Waals surface area contributed by atoms with Gasteiger partial charge in [-0.3, -0.25) is 14.4 Å². The van der Waals surface area contributed by atoms with Gasteiger partial charge in [-0.25, -0.2) is 18.7 Å². The Balaban J connectivity index is 1.24. The highest BCUT2D eigenvalue weighted by molar-refractivity contribution is 5.93. The number of fused-ring (bicyclic) bond motifs is 1. The quantitative estimate of drug-likeness (QED) is 0.227. The Morgan fingerprint density at radius 3 is 2.90 bits per heavy atom. The Morgan fingerprint density at radius 1 is 1.19 bits per heavy atom. The zero-order valence-electron chi connectivity index (χ0n) is 23.2. The number of carbonyl (C=O) groups is 1. The standard InChI is InChI=1S/C29H33F2N7O4/c1-41-25-13-21-24(14-26(25)42-12-10-37-9-3-2-5-20(37)8-11-39)32-18-33-29(21)35-19-15-34-38(16-19)17-27(40)36-23-7-4-6-22(30)28(23)31/h4,6-7,13-16,18,20,39H,2-3,5,8-12,17H2,1H3,(H,36,40)(H,32,33,35)/t20-/m1/s1. The van der Waals surface area contributed by atoms with Gasteiger partial charge >= 0.3 is 0 Å². The predicted molar refractivity (Wildman–Crippen MR) is 153 cm³/mol. The Labute approximate surface area is 241 Å². The molecule has 13 heteroatoms. The summed E-state index contributed by atoms with van der Waals surface area (Å²) in [5.74, 6) is -1.14. The van der Waals surface area contributed by atoms with Crippen molar-refractivity contribution in [2.75, 3.05) is 44.0 Å². The van der Waals surface area contributed by atoms with Gasteiger partial charge in [-0.15, -0.1) is 0 Å². The molecule has 0 spiro atoms. The van der Waals surface area contributed by atoms with Crippen LogP contribution in [0, 0.1) is 11.6 Å². The van der Waals surface area contributed by atoms with E-state index in [4.69, 9.17) is 9.47 Å². The van der Waals surface area contributed by atoms with Gasteiger partial charge in [0.15, 0.2) is 23.1 Å². The number of carbonyl (C=O) groups excluding carboxylic acids is 1. The van der Waals surface area contributed by atoms with Gasteiger partial charge in [-0.1, -0.05) is 12.5 Å². The van der Waals surface area contributed by atoms with E-state index in [0.717, 1.165) is 38.4 Å². The van der Waals surface area contributed by atoms with E-state index in [9.17, 15) is 18.7 Å². The number of aromatic nitrogens is 4. The molecule has 0 bridgehead atoms. The topological polar surface area (TPSA) is 127 Å². The number of halogens is 2. The lowest BCUT2D eigenvalue weighted by molar-refractivity contribution is -0.116. The number of nitrogens with zero attached hydrogens (tertiary/aromatic N) is 5. The molecule has 1 aliphatic rings. The van der Waals surface area contributed by atoms with Crippen LogP contribution in [0.5, 0.6) is 11.5 Å². The largest absolute Gasteiger partial charge is 0.493 e. The molecule has 222 valence electrons. The van der Waals surface area contributed by atoms with E-state index in [2.05, 4.69) is 30.6 Å². The molecule has 1 amide bonds. The van der Waals surface area contributed by atoms with Crippen LogP contribution in [0.4, 0.5) is 26.0 Å². The van der Waals surface area contributed by atoms with Crippen LogP contribution < -0.4 is 20.1 Å². The molecule has 42 heavy (non-hydrogen) atoms. The number of methoxy groups -OCH3 is 1. The second-order valence-electron chi connectivity index (χ2n) is 9.99. The second kappa shape index (κ2) is 13.5. The van der Waals surface area contributed by atoms with E-state index in [1.807, 2.05) is 6.07 Å². The van der Waals surface area contributed by atoms with Crippen molar-refractivity contribution in [3.8, 4) is 11.5 Å². The molecule has 5 rings (SSSR count). The van der Waals surface area contributed by atoms with Gasteiger partial charge in [-0.05, 0) is 44.0 Å². The monoisotopic (exact) mass is 581 g/mol. The number of piperidine rings is 1. The van der Waals surface area contributed by atoms with E-state index in [1.165, 1.54) is 35.8 Å². The molecule has 3 N–H and O–H groups in total. The molecule has 2 aromatic heterocycles. The highest BCUT2D eigenvalue weighted by atomic mass is 19.2. The van der Waals surface area contributed by atoms with Crippen LogP contribution in [0.25, 0.3) is 10.9 Å². The lowest BCUT2D eigenvalue weighted by Crippen LogP contribution is -2.42. The third-order valence-corrected chi connectivity index (χ3v) is 7.20. The van der Waals surface area contributed by atoms with Crippen molar-refractivity contribution in [3.63, 3.8) is 0 Å². The smallest absolute Gasteiger partial charge is 0.246 e. The summed E-state index contributed by atoms with van der Waals surface area (Å²) in [5, 5.41) is 19.8. The van der Waals surface area contributed by atoms with Crippen molar-refractivity contribution in [2.24, 2.45) is 0 Å². The highest BCUT2D eigenvalue weighted by Crippen LogP contribution is 2.35. The SMILES string of the molecule is COc1cc2c(Nc3cnn(CC(=O)Nc4cccc(F)c4F)c3)ncnc2cc1OCCN1CCCC[C@@H]1CCO. The molecule has 1 atom stereocenters. The lowest BCUT2D eigenvalue weighted by atomic mass is 10.00. The van der Waals surface area contributed by atoms with Crippen molar-refractivity contribution >= 4 is 34.0 Å². The van der Waals surface area contributed by atoms with Crippen LogP contribution in [-0.4, -0.2) is 75.1 Å². The fourth-order valence-electron chi connectivity index (χ4n) is 5.13. The number of nitrogens with one attached hydrogen (secondary N) is 2. The number of anilines is 3. The number of likely N-dealkylation sites (tertiary alicyclic amines) is 1. The number of hydrogen-bond donors (Lipinski definition) is 3. The summed E-state index contributed by atoms with van der Waals surface area (Å²) in [6, 6.07) is 7.55. The Kier molecular flexibility index (Phi) is 9.39. The fourth-order valence-corrected chi connectivity index (χ4v) is 5.13. The summed E-state index contributed by atoms with van der Waals surface area (Å²) >= 11 is 0. The average Bonchev–Trinajstić information content (AvgIpc) is 3.42. The Bertz CT molecular complexity index is 1530. The maximum atomic E-state index is 13.9. The first-order valence-electron chi connectivity index (χ1n) is 13.8. The molecule has 4 aromatic rings. The number of amides is 1. The summed E-state index contributed by atoms with van der Waals surface area (Å²) in [7, 11) is 1.57. The van der Waals surface area contributed by atoms with Gasteiger partial charge in [0.2, 0.25) is 5.91 Å². The maximum Gasteiger partial charge on any atom is 0.246 e. The third kappa shape index (κ3) is 6.92. The third-order valence-electron chi connectivity index (χ3n) is 7.20. The summed E-state index contributed by atoms with van der Waals surface area (Å²) in [6.07, 6.45) is 8.73. The summed E-state index contributed by atoms with van der Waals surface area (Å²) in [5.41, 5.74) is 0.953. The van der Waals surface area contributed by atoms with E-state index >= 15 is 0 Å². The Hall–Kier alpha value is -4.36. The number of aliphatic hydroxyl groups excluding tert-OH is 1. The van der Waals surface area contributed by atoms with Crippen LogP contribution in [0.1, 0.15) is 25.7 Å². The molecule has 2 aromatic carbocycles. The van der Waals surface area contributed by atoms with Crippen LogP contribution in [0.2, 0.25) is 0 Å². The highest BCUT2D eigenvalue weighted by Gasteiger charge is 2.22. The minimum Gasteiger partial charge on any atom is -0.493 e. The van der Waals surface area contributed by atoms with Gasteiger partial charge < -0.3 is 25.2 Å². The van der Waals surface area contributed by atoms with E-state index in [0.29, 0.717) is 46.6 Å². The van der Waals surface area contributed by atoms with Crippen LogP contribution in [-0.2, 0) is 11.3 Å². The van der Waals surface area contributed by atoms with Gasteiger partial charge in [-0.2, -0.15) is 5.10 Å². The number of aliphatic hydroxyl groups is 1. The first kappa shape index (κ1) is 29.1. The number of hydrogen-bond acceptors (Lipinski definition) is 9.